The molecule has 0 atom stereocenters. The summed E-state index contributed by atoms with van der Waals surface area (Å²) >= 11 is 0. The number of carbonyl (C=O) groups excluding carboxylic acids is 6. The van der Waals surface area contributed by atoms with E-state index in [1.165, 1.54) is 0 Å². The lowest BCUT2D eigenvalue weighted by atomic mass is 10.4. The Kier molecular flexibility index (Phi) is 9.42. The molecule has 0 saturated heterocycles. The van der Waals surface area contributed by atoms with Gasteiger partial charge < -0.3 is 34.1 Å². The van der Waals surface area contributed by atoms with Crippen molar-refractivity contribution in [2.75, 3.05) is 13.1 Å². The third-order valence-corrected chi connectivity index (χ3v) is 8.32. The van der Waals surface area contributed by atoms with E-state index in [-0.39, 0.29) is 12.1 Å². The van der Waals surface area contributed by atoms with E-state index in [0.29, 0.717) is 61.4 Å². The SMILES string of the molecule is O=C[Si](C=O)(C=O)CCCNCCC[Si](C=O)(C=O)C=O. The highest BCUT2D eigenvalue weighted by molar-refractivity contribution is 7.33. The van der Waals surface area contributed by atoms with Crippen LogP contribution in [0.5, 0.6) is 0 Å². The van der Waals surface area contributed by atoms with Gasteiger partial charge in [0.2, 0.25) is 0 Å². The summed E-state index contributed by atoms with van der Waals surface area (Å²) in [4.78, 5) is 64.5. The van der Waals surface area contributed by atoms with Crippen molar-refractivity contribution in [3.63, 3.8) is 0 Å². The first kappa shape index (κ1) is 19.4. The van der Waals surface area contributed by atoms with Crippen LogP contribution in [0.2, 0.25) is 12.1 Å². The maximum Gasteiger partial charge on any atom is 0.267 e. The first-order valence-corrected chi connectivity index (χ1v) is 11.4. The monoisotopic (exact) mass is 329 g/mol. The van der Waals surface area contributed by atoms with Crippen LogP contribution >= 0.6 is 0 Å². The Morgan fingerprint density at radius 3 is 1.10 bits per heavy atom. The minimum Gasteiger partial charge on any atom is -0.317 e. The number of hydrogen-bond donors (Lipinski definition) is 1. The van der Waals surface area contributed by atoms with E-state index in [2.05, 4.69) is 5.32 Å². The molecule has 0 unspecified atom stereocenters. The second kappa shape index (κ2) is 10.2. The molecule has 0 amide bonds. The van der Waals surface area contributed by atoms with Crippen LogP contribution in [0.3, 0.4) is 0 Å². The van der Waals surface area contributed by atoms with Crippen molar-refractivity contribution in [2.45, 2.75) is 24.9 Å². The fourth-order valence-corrected chi connectivity index (χ4v) is 4.30. The van der Waals surface area contributed by atoms with Crippen LogP contribution in [0.1, 0.15) is 12.8 Å². The molecule has 0 radical (unpaired) electrons. The zero-order chi connectivity index (χ0) is 16.2. The summed E-state index contributed by atoms with van der Waals surface area (Å²) in [6.45, 7) is 1.03. The summed E-state index contributed by atoms with van der Waals surface area (Å²) in [5.74, 6) is 2.86. The zero-order valence-corrected chi connectivity index (χ0v) is 13.7. The smallest absolute Gasteiger partial charge is 0.267 e. The van der Waals surface area contributed by atoms with Gasteiger partial charge in [-0.2, -0.15) is 0 Å². The number of hydrogen-bond acceptors (Lipinski definition) is 7. The molecule has 0 spiro atoms. The summed E-state index contributed by atoms with van der Waals surface area (Å²) in [5, 5.41) is 3.02. The van der Waals surface area contributed by atoms with Crippen molar-refractivity contribution < 1.29 is 28.8 Å². The Labute approximate surface area is 124 Å². The van der Waals surface area contributed by atoms with Crippen LogP contribution in [0.15, 0.2) is 0 Å². The average molecular weight is 329 g/mol. The predicted octanol–water partition coefficient (Wildman–Crippen LogP) is -1.11. The molecule has 0 rings (SSSR count). The Bertz CT molecular complexity index is 322. The van der Waals surface area contributed by atoms with Crippen molar-refractivity contribution in [2.24, 2.45) is 0 Å². The van der Waals surface area contributed by atoms with E-state index >= 15 is 0 Å². The molecule has 0 heterocycles. The van der Waals surface area contributed by atoms with Crippen molar-refractivity contribution in [1.29, 1.82) is 0 Å². The first-order chi connectivity index (χ1) is 10.1. The highest BCUT2D eigenvalue weighted by Crippen LogP contribution is 2.05. The van der Waals surface area contributed by atoms with Crippen LogP contribution in [0, 0.1) is 0 Å². The van der Waals surface area contributed by atoms with Gasteiger partial charge in [-0.05, 0) is 38.0 Å². The molecule has 0 aromatic heterocycles. The summed E-state index contributed by atoms with van der Waals surface area (Å²) in [5.41, 5.74) is 0. The van der Waals surface area contributed by atoms with Gasteiger partial charge in [-0.25, -0.2) is 0 Å². The predicted molar refractivity (Wildman–Crippen MR) is 83.7 cm³/mol. The van der Waals surface area contributed by atoms with E-state index in [9.17, 15) is 28.8 Å². The van der Waals surface area contributed by atoms with Gasteiger partial charge in [0.25, 0.3) is 16.1 Å². The Balaban J connectivity index is 3.93. The molecule has 0 aliphatic rings. The summed E-state index contributed by atoms with van der Waals surface area (Å²) < 4.78 is 0. The fraction of sp³-hybridized carbons (Fsp3) is 0.500. The van der Waals surface area contributed by atoms with Crippen molar-refractivity contribution in [3.05, 3.63) is 0 Å². The fourth-order valence-electron chi connectivity index (χ4n) is 1.68. The molecule has 0 aliphatic carbocycles. The lowest BCUT2D eigenvalue weighted by molar-refractivity contribution is 0.554. The molecular formula is C12H19NO6Si2. The lowest BCUT2D eigenvalue weighted by Gasteiger charge is -2.12. The number of nitrogens with one attached hydrogen (secondary N) is 1. The van der Waals surface area contributed by atoms with E-state index in [4.69, 9.17) is 0 Å². The summed E-state index contributed by atoms with van der Waals surface area (Å²) in [7, 11) is -6.09. The molecule has 0 aliphatic heterocycles. The number of rotatable bonds is 14. The number of carbonyl (C=O) groups is 6. The molecule has 21 heavy (non-hydrogen) atoms. The first-order valence-electron chi connectivity index (χ1n) is 6.56. The van der Waals surface area contributed by atoms with Gasteiger partial charge in [0.05, 0.1) is 0 Å². The molecule has 0 fully saturated rings. The molecule has 116 valence electrons. The highest BCUT2D eigenvalue weighted by Gasteiger charge is 2.33. The quantitative estimate of drug-likeness (QED) is 0.244. The topological polar surface area (TPSA) is 114 Å². The molecule has 7 nitrogen and oxygen atoms in total. The van der Waals surface area contributed by atoms with Gasteiger partial charge in [0.15, 0.2) is 0 Å². The summed E-state index contributed by atoms with van der Waals surface area (Å²) in [6.07, 6.45) is 1.03. The maximum absolute atomic E-state index is 10.7. The third kappa shape index (κ3) is 6.14. The van der Waals surface area contributed by atoms with Crippen LogP contribution < -0.4 is 5.32 Å². The standard InChI is InChI=1S/C12H19NO6Si2/c14-7-20(8-15,9-16)5-1-3-13-4-2-6-21(10-17,11-18)12-19/h7-13H,1-6H2. The van der Waals surface area contributed by atoms with Crippen LogP contribution in [0.4, 0.5) is 0 Å². The molecular weight excluding hydrogens is 310 g/mol. The van der Waals surface area contributed by atoms with Gasteiger partial charge in [-0.3, -0.25) is 0 Å². The van der Waals surface area contributed by atoms with Gasteiger partial charge >= 0.3 is 0 Å². The molecule has 0 bridgehead atoms. The second-order valence-electron chi connectivity index (χ2n) is 4.89. The minimum atomic E-state index is -3.05. The Morgan fingerprint density at radius 2 is 0.857 bits per heavy atom. The van der Waals surface area contributed by atoms with Gasteiger partial charge in [-0.1, -0.05) is 0 Å². The van der Waals surface area contributed by atoms with Crippen molar-refractivity contribution in [1.82, 2.24) is 5.32 Å². The van der Waals surface area contributed by atoms with E-state index < -0.39 is 16.1 Å². The Morgan fingerprint density at radius 1 is 0.571 bits per heavy atom. The normalized spacial score (nSPS) is 11.4. The van der Waals surface area contributed by atoms with Crippen molar-refractivity contribution >= 4 is 51.6 Å². The minimum absolute atomic E-state index is 0.270. The second-order valence-corrected chi connectivity index (χ2v) is 11.8. The average Bonchev–Trinajstić information content (AvgIpc) is 2.55. The van der Waals surface area contributed by atoms with E-state index in [1.54, 1.807) is 0 Å². The third-order valence-electron chi connectivity index (χ3n) is 3.24. The van der Waals surface area contributed by atoms with Crippen molar-refractivity contribution in [3.8, 4) is 0 Å². The molecule has 0 aromatic carbocycles. The van der Waals surface area contributed by atoms with E-state index in [0.717, 1.165) is 0 Å². The lowest BCUT2D eigenvalue weighted by Crippen LogP contribution is -2.43. The van der Waals surface area contributed by atoms with Crippen LogP contribution in [-0.2, 0) is 28.8 Å². The summed E-state index contributed by atoms with van der Waals surface area (Å²) in [6, 6.07) is 0.540. The van der Waals surface area contributed by atoms with Gasteiger partial charge in [0, 0.05) is 0 Å². The Hall–Kier alpha value is -1.59. The largest absolute Gasteiger partial charge is 0.317 e. The molecule has 1 N–H and O–H groups in total. The zero-order valence-electron chi connectivity index (χ0n) is 11.7. The van der Waals surface area contributed by atoms with Gasteiger partial charge in [0.1, 0.15) is 35.5 Å². The molecule has 0 saturated carbocycles. The maximum atomic E-state index is 10.7. The van der Waals surface area contributed by atoms with E-state index in [1.807, 2.05) is 0 Å². The van der Waals surface area contributed by atoms with Crippen LogP contribution in [-0.4, -0.2) is 64.7 Å². The molecule has 0 aromatic rings. The highest BCUT2D eigenvalue weighted by atomic mass is 28.3. The van der Waals surface area contributed by atoms with Gasteiger partial charge in [-0.15, -0.1) is 0 Å². The molecule has 9 heteroatoms. The van der Waals surface area contributed by atoms with Crippen LogP contribution in [0.25, 0.3) is 0 Å².